The number of aromatic nitrogens is 2. The van der Waals surface area contributed by atoms with Crippen LogP contribution in [0.1, 0.15) is 73.4 Å². The first kappa shape index (κ1) is 22.1. The zero-order chi connectivity index (χ0) is 21.9. The zero-order valence-corrected chi connectivity index (χ0v) is 20.2. The van der Waals surface area contributed by atoms with Crippen molar-refractivity contribution < 1.29 is 9.32 Å². The highest BCUT2D eigenvalue weighted by Crippen LogP contribution is 2.35. The number of hydrogen-bond acceptors (Lipinski definition) is 7. The first-order chi connectivity index (χ1) is 15.6. The van der Waals surface area contributed by atoms with Crippen LogP contribution in [0.15, 0.2) is 10.6 Å². The average Bonchev–Trinajstić information content (AvgIpc) is 3.53. The van der Waals surface area contributed by atoms with Crippen molar-refractivity contribution in [3.63, 3.8) is 0 Å². The molecule has 4 heterocycles. The summed E-state index contributed by atoms with van der Waals surface area (Å²) >= 11 is 1.94. The Balaban J connectivity index is 1.02. The van der Waals surface area contributed by atoms with Crippen molar-refractivity contribution in [3.05, 3.63) is 28.1 Å². The standard InChI is InChI=1S/C25H36N4O2S/c1-18-14-22(31-27-18)16-21(30)15-20-6-4-19(5-7-20)8-12-28-13-9-24-23(17-28)26-25(32-24)29-10-2-3-11-29/h14,19-20H,2-13,15-17H2,1H3. The normalized spacial score (nSPS) is 24.1. The highest BCUT2D eigenvalue weighted by Gasteiger charge is 2.26. The van der Waals surface area contributed by atoms with E-state index >= 15 is 0 Å². The summed E-state index contributed by atoms with van der Waals surface area (Å²) in [4.78, 5) is 24.0. The van der Waals surface area contributed by atoms with Gasteiger partial charge in [-0.1, -0.05) is 18.0 Å². The van der Waals surface area contributed by atoms with Crippen LogP contribution >= 0.6 is 11.3 Å². The lowest BCUT2D eigenvalue weighted by atomic mass is 9.78. The van der Waals surface area contributed by atoms with E-state index in [0.717, 1.165) is 18.2 Å². The summed E-state index contributed by atoms with van der Waals surface area (Å²) in [6.45, 7) is 7.66. The topological polar surface area (TPSA) is 62.5 Å². The molecule has 0 atom stereocenters. The number of hydrogen-bond donors (Lipinski definition) is 0. The Bertz CT molecular complexity index is 909. The van der Waals surface area contributed by atoms with Gasteiger partial charge < -0.3 is 9.42 Å². The third kappa shape index (κ3) is 5.42. The van der Waals surface area contributed by atoms with Crippen LogP contribution in [-0.2, 0) is 24.2 Å². The predicted molar refractivity (Wildman–Crippen MR) is 127 cm³/mol. The summed E-state index contributed by atoms with van der Waals surface area (Å²) < 4.78 is 5.20. The van der Waals surface area contributed by atoms with Gasteiger partial charge in [0.05, 0.1) is 17.8 Å². The molecule has 0 aromatic carbocycles. The lowest BCUT2D eigenvalue weighted by molar-refractivity contribution is -0.119. The number of rotatable bonds is 8. The largest absolute Gasteiger partial charge is 0.361 e. The maximum absolute atomic E-state index is 12.4. The number of Topliss-reactive ketones (excluding diaryl/α,β-unsaturated/α-hetero) is 1. The molecule has 2 fully saturated rings. The van der Waals surface area contributed by atoms with Crippen LogP contribution in [0.3, 0.4) is 0 Å². The molecular formula is C25H36N4O2S. The molecule has 0 amide bonds. The van der Waals surface area contributed by atoms with E-state index in [1.54, 1.807) is 0 Å². The summed E-state index contributed by atoms with van der Waals surface area (Å²) in [5, 5.41) is 5.14. The number of aryl methyl sites for hydroxylation is 1. The molecule has 0 N–H and O–H groups in total. The number of carbonyl (C=O) groups excluding carboxylic acids is 1. The molecule has 2 aliphatic heterocycles. The fourth-order valence-corrected chi connectivity index (χ4v) is 6.76. The van der Waals surface area contributed by atoms with E-state index < -0.39 is 0 Å². The minimum atomic E-state index is 0.297. The molecular weight excluding hydrogens is 420 g/mol. The number of thiazole rings is 1. The minimum absolute atomic E-state index is 0.297. The van der Waals surface area contributed by atoms with Crippen LogP contribution in [0, 0.1) is 18.8 Å². The van der Waals surface area contributed by atoms with Crippen LogP contribution < -0.4 is 4.90 Å². The van der Waals surface area contributed by atoms with E-state index in [0.29, 0.717) is 30.3 Å². The van der Waals surface area contributed by atoms with E-state index in [9.17, 15) is 4.79 Å². The van der Waals surface area contributed by atoms with Crippen molar-refractivity contribution in [2.75, 3.05) is 31.1 Å². The summed E-state index contributed by atoms with van der Waals surface area (Å²) in [6, 6.07) is 1.87. The first-order valence-electron chi connectivity index (χ1n) is 12.5. The second kappa shape index (κ2) is 10.0. The van der Waals surface area contributed by atoms with Crippen molar-refractivity contribution in [2.45, 2.75) is 77.7 Å². The second-order valence-corrected chi connectivity index (χ2v) is 11.2. The van der Waals surface area contributed by atoms with Gasteiger partial charge in [-0.05, 0) is 63.8 Å². The molecule has 0 bridgehead atoms. The Morgan fingerprint density at radius 3 is 2.69 bits per heavy atom. The molecule has 5 rings (SSSR count). The third-order valence-corrected chi connectivity index (χ3v) is 8.77. The van der Waals surface area contributed by atoms with Crippen molar-refractivity contribution >= 4 is 22.3 Å². The average molecular weight is 457 g/mol. The monoisotopic (exact) mass is 456 g/mol. The van der Waals surface area contributed by atoms with E-state index in [1.807, 2.05) is 24.3 Å². The van der Waals surface area contributed by atoms with Gasteiger partial charge in [0, 0.05) is 43.5 Å². The molecule has 7 heteroatoms. The smallest absolute Gasteiger partial charge is 0.185 e. The Hall–Kier alpha value is -1.73. The number of carbonyl (C=O) groups is 1. The molecule has 6 nitrogen and oxygen atoms in total. The molecule has 0 spiro atoms. The zero-order valence-electron chi connectivity index (χ0n) is 19.4. The highest BCUT2D eigenvalue weighted by atomic mass is 32.1. The highest BCUT2D eigenvalue weighted by molar-refractivity contribution is 7.15. The molecule has 2 aromatic heterocycles. The number of ketones is 1. The predicted octanol–water partition coefficient (Wildman–Crippen LogP) is 4.80. The Morgan fingerprint density at radius 1 is 1.16 bits per heavy atom. The fraction of sp³-hybridized carbons (Fsp3) is 0.720. The molecule has 1 saturated carbocycles. The molecule has 2 aromatic rings. The maximum Gasteiger partial charge on any atom is 0.185 e. The van der Waals surface area contributed by atoms with E-state index in [1.165, 1.54) is 93.2 Å². The molecule has 1 aliphatic carbocycles. The van der Waals surface area contributed by atoms with Gasteiger partial charge in [0.1, 0.15) is 11.5 Å². The second-order valence-electron chi connectivity index (χ2n) is 10.1. The van der Waals surface area contributed by atoms with Crippen molar-refractivity contribution in [3.8, 4) is 0 Å². The van der Waals surface area contributed by atoms with Crippen LogP contribution in [0.4, 0.5) is 5.13 Å². The summed E-state index contributed by atoms with van der Waals surface area (Å²) in [5.41, 5.74) is 2.19. The van der Waals surface area contributed by atoms with Gasteiger partial charge in [0.25, 0.3) is 0 Å². The molecule has 174 valence electrons. The van der Waals surface area contributed by atoms with E-state index in [-0.39, 0.29) is 0 Å². The quantitative estimate of drug-likeness (QED) is 0.569. The van der Waals surface area contributed by atoms with Crippen LogP contribution in [0.5, 0.6) is 0 Å². The third-order valence-electron chi connectivity index (χ3n) is 7.56. The molecule has 32 heavy (non-hydrogen) atoms. The van der Waals surface area contributed by atoms with E-state index in [4.69, 9.17) is 9.51 Å². The Morgan fingerprint density at radius 2 is 1.94 bits per heavy atom. The first-order valence-corrected chi connectivity index (χ1v) is 13.3. The number of anilines is 1. The summed E-state index contributed by atoms with van der Waals surface area (Å²) in [6.07, 6.45) is 11.1. The lowest BCUT2D eigenvalue weighted by Crippen LogP contribution is -2.32. The fourth-order valence-electron chi connectivity index (χ4n) is 5.65. The molecule has 1 saturated heterocycles. The van der Waals surface area contributed by atoms with Gasteiger partial charge in [0.2, 0.25) is 0 Å². The summed E-state index contributed by atoms with van der Waals surface area (Å²) in [5.74, 6) is 2.37. The number of nitrogens with zero attached hydrogens (tertiary/aromatic N) is 4. The Kier molecular flexibility index (Phi) is 6.93. The Labute approximate surface area is 195 Å². The van der Waals surface area contributed by atoms with Gasteiger partial charge in [-0.25, -0.2) is 4.98 Å². The van der Waals surface area contributed by atoms with Crippen LogP contribution in [0.2, 0.25) is 0 Å². The van der Waals surface area contributed by atoms with Gasteiger partial charge in [-0.15, -0.1) is 11.3 Å². The number of fused-ring (bicyclic) bond motifs is 1. The van der Waals surface area contributed by atoms with E-state index in [2.05, 4.69) is 15.0 Å². The minimum Gasteiger partial charge on any atom is -0.361 e. The molecule has 0 unspecified atom stereocenters. The van der Waals surface area contributed by atoms with Crippen molar-refractivity contribution in [2.24, 2.45) is 11.8 Å². The van der Waals surface area contributed by atoms with Crippen LogP contribution in [0.25, 0.3) is 0 Å². The van der Waals surface area contributed by atoms with Gasteiger partial charge in [-0.2, -0.15) is 0 Å². The summed E-state index contributed by atoms with van der Waals surface area (Å²) in [7, 11) is 0. The maximum atomic E-state index is 12.4. The van der Waals surface area contributed by atoms with Gasteiger partial charge >= 0.3 is 0 Å². The lowest BCUT2D eigenvalue weighted by Gasteiger charge is -2.31. The van der Waals surface area contributed by atoms with Crippen LogP contribution in [-0.4, -0.2) is 47.0 Å². The SMILES string of the molecule is Cc1cc(CC(=O)CC2CCC(CCN3CCc4sc(N5CCCC5)nc4C3)CC2)on1. The van der Waals surface area contributed by atoms with Crippen molar-refractivity contribution in [1.29, 1.82) is 0 Å². The molecule has 0 radical (unpaired) electrons. The van der Waals surface area contributed by atoms with Gasteiger partial charge in [0.15, 0.2) is 5.13 Å². The van der Waals surface area contributed by atoms with Gasteiger partial charge in [-0.3, -0.25) is 9.69 Å². The van der Waals surface area contributed by atoms with Crippen molar-refractivity contribution in [1.82, 2.24) is 15.0 Å². The molecule has 3 aliphatic rings.